The van der Waals surface area contributed by atoms with Crippen LogP contribution in [0.4, 0.5) is 0 Å². The third-order valence-corrected chi connectivity index (χ3v) is 4.71. The lowest BCUT2D eigenvalue weighted by molar-refractivity contribution is 0.102. The molecule has 0 aromatic heterocycles. The number of nitrogens with one attached hydrogen (secondary N) is 1. The number of piperazine rings is 1. The number of nitrogens with zero attached hydrogens (tertiary/aromatic N) is 2. The molecule has 1 fully saturated rings. The van der Waals surface area contributed by atoms with Crippen LogP contribution in [-0.2, 0) is 0 Å². The molecule has 1 heterocycles. The van der Waals surface area contributed by atoms with Gasteiger partial charge in [-0.2, -0.15) is 0 Å². The third kappa shape index (κ3) is 4.96. The van der Waals surface area contributed by atoms with E-state index in [1.807, 2.05) is 12.1 Å². The van der Waals surface area contributed by atoms with Crippen LogP contribution >= 0.6 is 11.6 Å². The van der Waals surface area contributed by atoms with Crippen LogP contribution in [0.5, 0.6) is 0 Å². The lowest BCUT2D eigenvalue weighted by Crippen LogP contribution is -2.50. The number of hydrogen-bond acceptors (Lipinski definition) is 3. The molecule has 4 heteroatoms. The molecule has 1 saturated heterocycles. The molecule has 2 unspecified atom stereocenters. The van der Waals surface area contributed by atoms with Gasteiger partial charge in [0.15, 0.2) is 0 Å². The Morgan fingerprint density at radius 1 is 1.38 bits per heavy atom. The zero-order chi connectivity index (χ0) is 15.2. The first-order valence-corrected chi connectivity index (χ1v) is 8.39. The lowest BCUT2D eigenvalue weighted by atomic mass is 10.0. The summed E-state index contributed by atoms with van der Waals surface area (Å²) in [5.41, 5.74) is 1.30. The summed E-state index contributed by atoms with van der Waals surface area (Å²) in [7, 11) is 2.22. The number of halogens is 1. The molecule has 0 spiro atoms. The van der Waals surface area contributed by atoms with Gasteiger partial charge in [0.2, 0.25) is 0 Å². The summed E-state index contributed by atoms with van der Waals surface area (Å²) < 4.78 is 0. The van der Waals surface area contributed by atoms with Gasteiger partial charge in [-0.15, -0.1) is 0 Å². The van der Waals surface area contributed by atoms with Crippen LogP contribution in [0.3, 0.4) is 0 Å². The largest absolute Gasteiger partial charge is 0.310 e. The van der Waals surface area contributed by atoms with E-state index < -0.39 is 0 Å². The first-order valence-electron chi connectivity index (χ1n) is 8.01. The Balaban J connectivity index is 1.91. The minimum atomic E-state index is 0.392. The zero-order valence-corrected chi connectivity index (χ0v) is 14.2. The molecule has 1 aromatic carbocycles. The van der Waals surface area contributed by atoms with Crippen LogP contribution in [0.15, 0.2) is 24.3 Å². The maximum atomic E-state index is 6.13. The standard InChI is InChI=1S/C17H28ClN3/c1-4-19-17(15-6-5-7-16(18)12-15)8-9-21-11-10-20(3)14(2)13-21/h5-7,12,14,17,19H,4,8-11,13H2,1-3H3. The second-order valence-electron chi connectivity index (χ2n) is 6.08. The Labute approximate surface area is 134 Å². The summed E-state index contributed by atoms with van der Waals surface area (Å²) in [4.78, 5) is 5.02. The topological polar surface area (TPSA) is 18.5 Å². The molecule has 1 N–H and O–H groups in total. The molecule has 118 valence electrons. The fourth-order valence-electron chi connectivity index (χ4n) is 2.99. The normalized spacial score (nSPS) is 22.4. The molecule has 0 amide bonds. The van der Waals surface area contributed by atoms with Gasteiger partial charge in [0, 0.05) is 43.3 Å². The van der Waals surface area contributed by atoms with Gasteiger partial charge >= 0.3 is 0 Å². The smallest absolute Gasteiger partial charge is 0.0409 e. The molecule has 2 atom stereocenters. The Morgan fingerprint density at radius 3 is 2.86 bits per heavy atom. The third-order valence-electron chi connectivity index (χ3n) is 4.48. The second kappa shape index (κ2) is 8.14. The molecule has 0 bridgehead atoms. The van der Waals surface area contributed by atoms with Gasteiger partial charge in [-0.1, -0.05) is 30.7 Å². The Bertz CT molecular complexity index is 438. The van der Waals surface area contributed by atoms with Gasteiger partial charge in [0.1, 0.15) is 0 Å². The minimum absolute atomic E-state index is 0.392. The van der Waals surface area contributed by atoms with Crippen molar-refractivity contribution in [3.8, 4) is 0 Å². The highest BCUT2D eigenvalue weighted by Gasteiger charge is 2.21. The maximum absolute atomic E-state index is 6.13. The number of likely N-dealkylation sites (N-methyl/N-ethyl adjacent to an activating group) is 1. The molecule has 1 aliphatic heterocycles. The number of benzene rings is 1. The van der Waals surface area contributed by atoms with Crippen molar-refractivity contribution in [1.82, 2.24) is 15.1 Å². The highest BCUT2D eigenvalue weighted by Crippen LogP contribution is 2.21. The monoisotopic (exact) mass is 309 g/mol. The lowest BCUT2D eigenvalue weighted by Gasteiger charge is -2.38. The summed E-state index contributed by atoms with van der Waals surface area (Å²) >= 11 is 6.13. The maximum Gasteiger partial charge on any atom is 0.0409 e. The van der Waals surface area contributed by atoms with Gasteiger partial charge in [-0.3, -0.25) is 0 Å². The molecule has 0 saturated carbocycles. The van der Waals surface area contributed by atoms with E-state index in [0.29, 0.717) is 12.1 Å². The fourth-order valence-corrected chi connectivity index (χ4v) is 3.19. The number of hydrogen-bond donors (Lipinski definition) is 1. The van der Waals surface area contributed by atoms with E-state index in [1.165, 1.54) is 25.2 Å². The molecule has 2 rings (SSSR count). The predicted octanol–water partition coefficient (Wildman–Crippen LogP) is 3.02. The SMILES string of the molecule is CCNC(CCN1CCN(C)C(C)C1)c1cccc(Cl)c1. The van der Waals surface area contributed by atoms with Crippen LogP contribution in [0.25, 0.3) is 0 Å². The predicted molar refractivity (Wildman–Crippen MR) is 91.0 cm³/mol. The summed E-state index contributed by atoms with van der Waals surface area (Å²) in [5.74, 6) is 0. The van der Waals surface area contributed by atoms with Gasteiger partial charge in [0.05, 0.1) is 0 Å². The highest BCUT2D eigenvalue weighted by molar-refractivity contribution is 6.30. The molecular weight excluding hydrogens is 282 g/mol. The Hall–Kier alpha value is -0.610. The average molecular weight is 310 g/mol. The van der Waals surface area contributed by atoms with Gasteiger partial charge in [0.25, 0.3) is 0 Å². The van der Waals surface area contributed by atoms with Crippen molar-refractivity contribution in [1.29, 1.82) is 0 Å². The first-order chi connectivity index (χ1) is 10.1. The first kappa shape index (κ1) is 16.8. The summed E-state index contributed by atoms with van der Waals surface area (Å²) in [5, 5.41) is 4.41. The van der Waals surface area contributed by atoms with Crippen molar-refractivity contribution in [3.05, 3.63) is 34.9 Å². The van der Waals surface area contributed by atoms with Crippen molar-refractivity contribution >= 4 is 11.6 Å². The van der Waals surface area contributed by atoms with E-state index in [2.05, 4.69) is 48.1 Å². The van der Waals surface area contributed by atoms with Crippen molar-refractivity contribution in [2.45, 2.75) is 32.4 Å². The summed E-state index contributed by atoms with van der Waals surface area (Å²) in [6.45, 7) is 10.1. The van der Waals surface area contributed by atoms with Crippen molar-refractivity contribution < 1.29 is 0 Å². The Kier molecular flexibility index (Phi) is 6.49. The van der Waals surface area contributed by atoms with Crippen LogP contribution in [0.2, 0.25) is 5.02 Å². The number of rotatable bonds is 6. The van der Waals surface area contributed by atoms with E-state index in [-0.39, 0.29) is 0 Å². The molecular formula is C17H28ClN3. The highest BCUT2D eigenvalue weighted by atomic mass is 35.5. The van der Waals surface area contributed by atoms with E-state index >= 15 is 0 Å². The van der Waals surface area contributed by atoms with Crippen LogP contribution in [-0.4, -0.2) is 55.6 Å². The molecule has 21 heavy (non-hydrogen) atoms. The van der Waals surface area contributed by atoms with Gasteiger partial charge in [-0.05, 0) is 44.6 Å². The van der Waals surface area contributed by atoms with Crippen molar-refractivity contribution in [2.75, 3.05) is 39.8 Å². The Morgan fingerprint density at radius 2 is 2.19 bits per heavy atom. The van der Waals surface area contributed by atoms with E-state index in [1.54, 1.807) is 0 Å². The minimum Gasteiger partial charge on any atom is -0.310 e. The fraction of sp³-hybridized carbons (Fsp3) is 0.647. The van der Waals surface area contributed by atoms with E-state index in [4.69, 9.17) is 11.6 Å². The molecule has 1 aliphatic rings. The van der Waals surface area contributed by atoms with E-state index in [0.717, 1.165) is 24.5 Å². The van der Waals surface area contributed by atoms with Gasteiger partial charge in [-0.25, -0.2) is 0 Å². The van der Waals surface area contributed by atoms with Crippen molar-refractivity contribution in [2.24, 2.45) is 0 Å². The summed E-state index contributed by atoms with van der Waals surface area (Å²) in [6.07, 6.45) is 1.13. The summed E-state index contributed by atoms with van der Waals surface area (Å²) in [6, 6.07) is 9.29. The molecule has 0 radical (unpaired) electrons. The molecule has 3 nitrogen and oxygen atoms in total. The van der Waals surface area contributed by atoms with Crippen molar-refractivity contribution in [3.63, 3.8) is 0 Å². The van der Waals surface area contributed by atoms with Crippen LogP contribution in [0, 0.1) is 0 Å². The molecule has 1 aromatic rings. The zero-order valence-electron chi connectivity index (χ0n) is 13.5. The van der Waals surface area contributed by atoms with Gasteiger partial charge < -0.3 is 15.1 Å². The van der Waals surface area contributed by atoms with Crippen LogP contribution in [0.1, 0.15) is 31.9 Å². The molecule has 0 aliphatic carbocycles. The van der Waals surface area contributed by atoms with E-state index in [9.17, 15) is 0 Å². The average Bonchev–Trinajstić information content (AvgIpc) is 2.47. The van der Waals surface area contributed by atoms with Crippen LogP contribution < -0.4 is 5.32 Å². The second-order valence-corrected chi connectivity index (χ2v) is 6.52. The quantitative estimate of drug-likeness (QED) is 0.871.